The number of aliphatic hydroxyl groups is 1. The number of aliphatic hydroxyl groups excluding tert-OH is 1. The highest BCUT2D eigenvalue weighted by Gasteiger charge is 2.37. The van der Waals surface area contributed by atoms with E-state index < -0.39 is 12.2 Å². The molecule has 0 radical (unpaired) electrons. The van der Waals surface area contributed by atoms with E-state index in [9.17, 15) is 9.90 Å². The van der Waals surface area contributed by atoms with Crippen molar-refractivity contribution in [3.63, 3.8) is 0 Å². The Labute approximate surface area is 163 Å². The lowest BCUT2D eigenvalue weighted by Crippen LogP contribution is -2.43. The van der Waals surface area contributed by atoms with Crippen LogP contribution in [0.25, 0.3) is 0 Å². The highest BCUT2D eigenvalue weighted by molar-refractivity contribution is 6.31. The number of carbonyl (C=O) groups excluding carboxylic acids is 1. The number of fused-ring (bicyclic) bond motifs is 1. The molecule has 1 N–H and O–H groups in total. The second kappa shape index (κ2) is 7.97. The van der Waals surface area contributed by atoms with Gasteiger partial charge in [0, 0.05) is 40.2 Å². The van der Waals surface area contributed by atoms with Crippen molar-refractivity contribution in [1.29, 1.82) is 0 Å². The average molecular weight is 394 g/mol. The zero-order valence-electron chi connectivity index (χ0n) is 14.7. The second-order valence-corrected chi connectivity index (χ2v) is 7.39. The first-order valence-corrected chi connectivity index (χ1v) is 9.33. The zero-order chi connectivity index (χ0) is 18.8. The van der Waals surface area contributed by atoms with E-state index in [1.54, 1.807) is 17.0 Å². The molecule has 2 atom stereocenters. The van der Waals surface area contributed by atoms with Gasteiger partial charge in [-0.1, -0.05) is 41.4 Å². The lowest BCUT2D eigenvalue weighted by Gasteiger charge is -2.28. The number of carbonyl (C=O) groups is 1. The molecule has 1 heterocycles. The Morgan fingerprint density at radius 2 is 1.88 bits per heavy atom. The first kappa shape index (κ1) is 19.2. The highest BCUT2D eigenvalue weighted by Crippen LogP contribution is 2.42. The van der Waals surface area contributed by atoms with Gasteiger partial charge in [-0.2, -0.15) is 0 Å². The summed E-state index contributed by atoms with van der Waals surface area (Å²) in [4.78, 5) is 14.8. The Morgan fingerprint density at radius 1 is 1.15 bits per heavy atom. The summed E-state index contributed by atoms with van der Waals surface area (Å²) in [6.07, 6.45) is -1.11. The Hall–Kier alpha value is -1.59. The second-order valence-electron chi connectivity index (χ2n) is 6.54. The zero-order valence-corrected chi connectivity index (χ0v) is 16.2. The Morgan fingerprint density at radius 3 is 2.54 bits per heavy atom. The first-order valence-electron chi connectivity index (χ1n) is 8.57. The minimum Gasteiger partial charge on any atom is -0.396 e. The third kappa shape index (κ3) is 3.60. The molecule has 1 amide bonds. The van der Waals surface area contributed by atoms with E-state index in [0.717, 1.165) is 16.8 Å². The Kier molecular flexibility index (Phi) is 5.88. The standard InChI is InChI=1S/C20H21Cl2NO3/c1-12(2)23-17-8-7-13(21)11-15(17)19(14-5-3-4-6-16(14)22)26-18(9-10-24)20(23)25/h3-8,11-12,18-19,24H,9-10H2,1-2H3/t18-,19-/m1/s1. The average Bonchev–Trinajstić information content (AvgIpc) is 2.71. The molecule has 26 heavy (non-hydrogen) atoms. The van der Waals surface area contributed by atoms with Crippen molar-refractivity contribution in [3.8, 4) is 0 Å². The van der Waals surface area contributed by atoms with Crippen LogP contribution in [0.1, 0.15) is 37.5 Å². The van der Waals surface area contributed by atoms with Crippen LogP contribution < -0.4 is 4.90 Å². The maximum Gasteiger partial charge on any atom is 0.256 e. The van der Waals surface area contributed by atoms with E-state index in [1.807, 2.05) is 44.2 Å². The number of amides is 1. The van der Waals surface area contributed by atoms with Crippen LogP contribution in [0.3, 0.4) is 0 Å². The highest BCUT2D eigenvalue weighted by atomic mass is 35.5. The van der Waals surface area contributed by atoms with Gasteiger partial charge in [-0.15, -0.1) is 0 Å². The number of hydrogen-bond donors (Lipinski definition) is 1. The van der Waals surface area contributed by atoms with E-state index in [0.29, 0.717) is 10.0 Å². The topological polar surface area (TPSA) is 49.8 Å². The molecule has 0 fully saturated rings. The summed E-state index contributed by atoms with van der Waals surface area (Å²) in [5, 5.41) is 10.5. The van der Waals surface area contributed by atoms with Gasteiger partial charge in [0.1, 0.15) is 12.2 Å². The summed E-state index contributed by atoms with van der Waals surface area (Å²) in [6, 6.07) is 12.7. The number of nitrogens with zero attached hydrogens (tertiary/aromatic N) is 1. The Bertz CT molecular complexity index is 809. The number of hydrogen-bond acceptors (Lipinski definition) is 3. The molecule has 0 bridgehead atoms. The molecule has 0 saturated carbocycles. The molecule has 2 aromatic rings. The molecule has 138 valence electrons. The maximum absolute atomic E-state index is 13.1. The molecule has 0 spiro atoms. The Balaban J connectivity index is 2.23. The van der Waals surface area contributed by atoms with Crippen LogP contribution in [0.4, 0.5) is 5.69 Å². The van der Waals surface area contributed by atoms with Crippen molar-refractivity contribution in [2.45, 2.75) is 38.5 Å². The number of rotatable bonds is 4. The first-order chi connectivity index (χ1) is 12.4. The van der Waals surface area contributed by atoms with Gasteiger partial charge in [-0.05, 0) is 38.1 Å². The lowest BCUT2D eigenvalue weighted by molar-refractivity contribution is -0.133. The fourth-order valence-electron chi connectivity index (χ4n) is 3.29. The summed E-state index contributed by atoms with van der Waals surface area (Å²) in [5.41, 5.74) is 2.30. The van der Waals surface area contributed by atoms with Crippen molar-refractivity contribution in [1.82, 2.24) is 0 Å². The molecule has 2 aromatic carbocycles. The number of ether oxygens (including phenoxy) is 1. The smallest absolute Gasteiger partial charge is 0.256 e. The maximum atomic E-state index is 13.1. The van der Waals surface area contributed by atoms with Crippen molar-refractivity contribution in [3.05, 3.63) is 63.6 Å². The third-order valence-electron chi connectivity index (χ3n) is 4.44. The summed E-state index contributed by atoms with van der Waals surface area (Å²) in [5.74, 6) is -0.174. The normalized spacial score (nSPS) is 20.2. The number of halogens is 2. The molecule has 1 aliphatic heterocycles. The van der Waals surface area contributed by atoms with Crippen LogP contribution in [0.2, 0.25) is 10.0 Å². The fraction of sp³-hybridized carbons (Fsp3) is 0.350. The molecule has 0 aromatic heterocycles. The van der Waals surface area contributed by atoms with Gasteiger partial charge < -0.3 is 14.7 Å². The van der Waals surface area contributed by atoms with E-state index in [2.05, 4.69) is 0 Å². The molecular weight excluding hydrogens is 373 g/mol. The summed E-state index contributed by atoms with van der Waals surface area (Å²) in [7, 11) is 0. The van der Waals surface area contributed by atoms with Gasteiger partial charge in [0.15, 0.2) is 0 Å². The van der Waals surface area contributed by atoms with Gasteiger partial charge in [0.05, 0.1) is 5.69 Å². The molecule has 0 unspecified atom stereocenters. The fourth-order valence-corrected chi connectivity index (χ4v) is 3.71. The third-order valence-corrected chi connectivity index (χ3v) is 5.02. The molecular formula is C20H21Cl2NO3. The van der Waals surface area contributed by atoms with Gasteiger partial charge >= 0.3 is 0 Å². The minimum absolute atomic E-state index is 0.0720. The molecule has 4 nitrogen and oxygen atoms in total. The predicted molar refractivity (Wildman–Crippen MR) is 104 cm³/mol. The van der Waals surface area contributed by atoms with Gasteiger partial charge in [-0.25, -0.2) is 0 Å². The largest absolute Gasteiger partial charge is 0.396 e. The lowest BCUT2D eigenvalue weighted by atomic mass is 9.99. The van der Waals surface area contributed by atoms with Gasteiger partial charge in [-0.3, -0.25) is 4.79 Å². The van der Waals surface area contributed by atoms with Crippen molar-refractivity contribution in [2.75, 3.05) is 11.5 Å². The molecule has 0 saturated heterocycles. The SMILES string of the molecule is CC(C)N1C(=O)[C@@H](CCO)O[C@H](c2ccccc2Cl)c2cc(Cl)ccc21. The molecule has 0 aliphatic carbocycles. The van der Waals surface area contributed by atoms with E-state index in [-0.39, 0.29) is 25.0 Å². The van der Waals surface area contributed by atoms with Crippen molar-refractivity contribution >= 4 is 34.8 Å². The van der Waals surface area contributed by atoms with E-state index >= 15 is 0 Å². The van der Waals surface area contributed by atoms with E-state index in [4.69, 9.17) is 27.9 Å². The van der Waals surface area contributed by atoms with Crippen LogP contribution >= 0.6 is 23.2 Å². The van der Waals surface area contributed by atoms with Crippen LogP contribution in [0.15, 0.2) is 42.5 Å². The number of anilines is 1. The minimum atomic E-state index is -0.769. The monoisotopic (exact) mass is 393 g/mol. The summed E-state index contributed by atoms with van der Waals surface area (Å²) in [6.45, 7) is 3.75. The number of benzene rings is 2. The quantitative estimate of drug-likeness (QED) is 0.824. The molecule has 6 heteroatoms. The van der Waals surface area contributed by atoms with Crippen LogP contribution in [-0.4, -0.2) is 29.8 Å². The van der Waals surface area contributed by atoms with Crippen LogP contribution in [-0.2, 0) is 9.53 Å². The predicted octanol–water partition coefficient (Wildman–Crippen LogP) is 4.61. The van der Waals surface area contributed by atoms with Gasteiger partial charge in [0.25, 0.3) is 5.91 Å². The van der Waals surface area contributed by atoms with Gasteiger partial charge in [0.2, 0.25) is 0 Å². The molecule has 1 aliphatic rings. The summed E-state index contributed by atoms with van der Waals surface area (Å²) < 4.78 is 6.20. The van der Waals surface area contributed by atoms with Crippen LogP contribution in [0, 0.1) is 0 Å². The van der Waals surface area contributed by atoms with Crippen LogP contribution in [0.5, 0.6) is 0 Å². The van der Waals surface area contributed by atoms with Crippen molar-refractivity contribution in [2.24, 2.45) is 0 Å². The van der Waals surface area contributed by atoms with E-state index in [1.165, 1.54) is 0 Å². The molecule has 3 rings (SSSR count). The summed E-state index contributed by atoms with van der Waals surface area (Å²) >= 11 is 12.7. The van der Waals surface area contributed by atoms with Crippen molar-refractivity contribution < 1.29 is 14.6 Å².